The minimum atomic E-state index is -0.369. The number of fused-ring (bicyclic) bond motifs is 1. The Balaban J connectivity index is 2.10. The van der Waals surface area contributed by atoms with Crippen LogP contribution in [0, 0.1) is 13.8 Å². The average molecular weight is 413 g/mol. The summed E-state index contributed by atoms with van der Waals surface area (Å²) in [6.45, 7) is 10.7. The summed E-state index contributed by atoms with van der Waals surface area (Å²) < 4.78 is 7.00. The van der Waals surface area contributed by atoms with Gasteiger partial charge in [0, 0.05) is 13.6 Å². The summed E-state index contributed by atoms with van der Waals surface area (Å²) in [5, 5.41) is 4.50. The fourth-order valence-electron chi connectivity index (χ4n) is 3.97. The van der Waals surface area contributed by atoms with E-state index < -0.39 is 0 Å². The summed E-state index contributed by atoms with van der Waals surface area (Å²) in [5.41, 5.74) is 5.07. The number of carbonyl (C=O) groups is 2. The van der Waals surface area contributed by atoms with Crippen molar-refractivity contribution < 1.29 is 14.3 Å². The van der Waals surface area contributed by atoms with Crippen molar-refractivity contribution in [2.75, 3.05) is 23.0 Å². The van der Waals surface area contributed by atoms with Crippen molar-refractivity contribution in [3.8, 4) is 0 Å². The molecule has 0 saturated heterocycles. The maximum Gasteiger partial charge on any atom is 0.414 e. The maximum absolute atomic E-state index is 13.6. The van der Waals surface area contributed by atoms with Crippen LogP contribution in [0.4, 0.5) is 16.2 Å². The third kappa shape index (κ3) is 3.93. The third-order valence-corrected chi connectivity index (χ3v) is 5.74. The van der Waals surface area contributed by atoms with Crippen molar-refractivity contribution in [1.82, 2.24) is 9.78 Å². The highest BCUT2D eigenvalue weighted by Gasteiger charge is 2.38. The van der Waals surface area contributed by atoms with Gasteiger partial charge in [0.05, 0.1) is 29.7 Å². The van der Waals surface area contributed by atoms with Crippen LogP contribution in [0.15, 0.2) is 18.2 Å². The average Bonchev–Trinajstić information content (AvgIpc) is 3.07. The minimum Gasteiger partial charge on any atom is -0.449 e. The molecule has 0 fully saturated rings. The molecular weight excluding hydrogens is 380 g/mol. The summed E-state index contributed by atoms with van der Waals surface area (Å²) in [7, 11) is 1.81. The first-order chi connectivity index (χ1) is 14.3. The Hall–Kier alpha value is -2.83. The van der Waals surface area contributed by atoms with E-state index in [4.69, 9.17) is 4.74 Å². The molecule has 7 heteroatoms. The van der Waals surface area contributed by atoms with Crippen LogP contribution >= 0.6 is 0 Å². The molecule has 1 aromatic heterocycles. The van der Waals surface area contributed by atoms with E-state index in [1.54, 1.807) is 28.5 Å². The Labute approximate surface area is 178 Å². The molecule has 7 nitrogen and oxygen atoms in total. The van der Waals surface area contributed by atoms with Gasteiger partial charge in [0.1, 0.15) is 5.69 Å². The van der Waals surface area contributed by atoms with Crippen LogP contribution in [-0.4, -0.2) is 41.0 Å². The molecule has 3 rings (SSSR count). The summed E-state index contributed by atoms with van der Waals surface area (Å²) in [5.74, 6) is -0.0983. The molecule has 30 heavy (non-hydrogen) atoms. The second-order valence-electron chi connectivity index (χ2n) is 7.87. The Morgan fingerprint density at radius 2 is 1.77 bits per heavy atom. The summed E-state index contributed by atoms with van der Waals surface area (Å²) >= 11 is 0. The van der Waals surface area contributed by atoms with Gasteiger partial charge < -0.3 is 9.64 Å². The van der Waals surface area contributed by atoms with Crippen LogP contribution in [0.5, 0.6) is 0 Å². The highest BCUT2D eigenvalue weighted by molar-refractivity contribution is 6.09. The molecule has 0 saturated carbocycles. The van der Waals surface area contributed by atoms with Gasteiger partial charge in [-0.25, -0.2) is 4.79 Å². The van der Waals surface area contributed by atoms with E-state index in [1.165, 1.54) is 0 Å². The van der Waals surface area contributed by atoms with Gasteiger partial charge in [0.25, 0.3) is 5.91 Å². The van der Waals surface area contributed by atoms with Crippen molar-refractivity contribution in [3.63, 3.8) is 0 Å². The van der Waals surface area contributed by atoms with E-state index in [0.717, 1.165) is 41.0 Å². The predicted octanol–water partition coefficient (Wildman–Crippen LogP) is 4.39. The molecule has 0 radical (unpaired) electrons. The molecule has 162 valence electrons. The molecule has 0 aliphatic carbocycles. The molecule has 1 aliphatic heterocycles. The number of benzene rings is 1. The zero-order valence-electron chi connectivity index (χ0n) is 18.9. The van der Waals surface area contributed by atoms with Crippen LogP contribution in [0.2, 0.25) is 0 Å². The van der Waals surface area contributed by atoms with Gasteiger partial charge >= 0.3 is 6.09 Å². The number of hydrogen-bond donors (Lipinski definition) is 0. The molecule has 2 aromatic rings. The van der Waals surface area contributed by atoms with Gasteiger partial charge in [-0.3, -0.25) is 14.4 Å². The molecule has 1 aliphatic rings. The maximum atomic E-state index is 13.6. The molecule has 2 amide bonds. The van der Waals surface area contributed by atoms with E-state index in [-0.39, 0.29) is 18.0 Å². The quantitative estimate of drug-likeness (QED) is 0.730. The van der Waals surface area contributed by atoms with Crippen LogP contribution in [0.1, 0.15) is 60.9 Å². The highest BCUT2D eigenvalue weighted by atomic mass is 16.6. The number of ether oxygens (including phenoxy) is 1. The first kappa shape index (κ1) is 21.9. The summed E-state index contributed by atoms with van der Waals surface area (Å²) in [6, 6.07) is 5.69. The van der Waals surface area contributed by atoms with Crippen molar-refractivity contribution in [2.45, 2.75) is 59.9 Å². The van der Waals surface area contributed by atoms with Crippen molar-refractivity contribution in [2.24, 2.45) is 7.05 Å². The second kappa shape index (κ2) is 8.90. The molecule has 0 spiro atoms. The first-order valence-corrected chi connectivity index (χ1v) is 10.7. The van der Waals surface area contributed by atoms with Gasteiger partial charge in [0.15, 0.2) is 0 Å². The van der Waals surface area contributed by atoms with E-state index >= 15 is 0 Å². The predicted molar refractivity (Wildman–Crippen MR) is 118 cm³/mol. The lowest BCUT2D eigenvalue weighted by atomic mass is 10.00. The molecule has 1 unspecified atom stereocenters. The van der Waals surface area contributed by atoms with Crippen LogP contribution in [-0.2, 0) is 18.2 Å². The SMILES string of the molecule is CCCc1cc(C(=O)N2CC(CC)N(C(=O)OCC)c3cc(C)c(C)cc32)n(C)n1. The second-order valence-corrected chi connectivity index (χ2v) is 7.87. The Morgan fingerprint density at radius 1 is 1.10 bits per heavy atom. The number of amides is 2. The molecule has 0 bridgehead atoms. The van der Waals surface area contributed by atoms with Crippen LogP contribution in [0.3, 0.4) is 0 Å². The van der Waals surface area contributed by atoms with Crippen LogP contribution < -0.4 is 9.80 Å². The molecular formula is C23H32N4O3. The number of hydrogen-bond acceptors (Lipinski definition) is 4. The fraction of sp³-hybridized carbons (Fsp3) is 0.522. The lowest BCUT2D eigenvalue weighted by molar-refractivity contribution is 0.0972. The fourth-order valence-corrected chi connectivity index (χ4v) is 3.97. The minimum absolute atomic E-state index is 0.0983. The standard InChI is InChI=1S/C23H32N4O3/c1-7-10-17-13-21(25(6)24-17)22(28)26-14-18(8-2)27(23(29)30-9-3)20-12-16(5)15(4)11-19(20)26/h11-13,18H,7-10,14H2,1-6H3. The number of carbonyl (C=O) groups excluding carboxylic acids is 2. The van der Waals surface area contributed by atoms with Crippen molar-refractivity contribution in [3.05, 3.63) is 40.7 Å². The first-order valence-electron chi connectivity index (χ1n) is 10.7. The van der Waals surface area contributed by atoms with Gasteiger partial charge in [-0.1, -0.05) is 20.3 Å². The normalized spacial score (nSPS) is 15.9. The lowest BCUT2D eigenvalue weighted by Gasteiger charge is -2.42. The number of aromatic nitrogens is 2. The van der Waals surface area contributed by atoms with E-state index in [1.807, 2.05) is 39.0 Å². The van der Waals surface area contributed by atoms with E-state index in [0.29, 0.717) is 25.3 Å². The smallest absolute Gasteiger partial charge is 0.414 e. The number of anilines is 2. The van der Waals surface area contributed by atoms with E-state index in [9.17, 15) is 9.59 Å². The largest absolute Gasteiger partial charge is 0.449 e. The zero-order valence-corrected chi connectivity index (χ0v) is 18.9. The number of rotatable bonds is 5. The van der Waals surface area contributed by atoms with Gasteiger partial charge in [-0.05, 0) is 62.9 Å². The summed E-state index contributed by atoms with van der Waals surface area (Å²) in [6.07, 6.45) is 2.15. The molecule has 2 heterocycles. The molecule has 0 N–H and O–H groups in total. The molecule has 1 atom stereocenters. The van der Waals surface area contributed by atoms with E-state index in [2.05, 4.69) is 12.0 Å². The Morgan fingerprint density at radius 3 is 2.37 bits per heavy atom. The third-order valence-electron chi connectivity index (χ3n) is 5.74. The molecule has 1 aromatic carbocycles. The van der Waals surface area contributed by atoms with Crippen molar-refractivity contribution in [1.29, 1.82) is 0 Å². The van der Waals surface area contributed by atoms with Gasteiger partial charge in [-0.2, -0.15) is 5.10 Å². The lowest BCUT2D eigenvalue weighted by Crippen LogP contribution is -2.53. The Bertz CT molecular complexity index is 950. The summed E-state index contributed by atoms with van der Waals surface area (Å²) in [4.78, 5) is 29.9. The highest BCUT2D eigenvalue weighted by Crippen LogP contribution is 2.39. The van der Waals surface area contributed by atoms with Crippen molar-refractivity contribution >= 4 is 23.4 Å². The topological polar surface area (TPSA) is 67.7 Å². The Kier molecular flexibility index (Phi) is 6.48. The zero-order chi connectivity index (χ0) is 22.0. The number of nitrogens with zero attached hydrogens (tertiary/aromatic N) is 4. The number of aryl methyl sites for hydroxylation is 4. The van der Waals surface area contributed by atoms with Crippen LogP contribution in [0.25, 0.3) is 0 Å². The van der Waals surface area contributed by atoms with Gasteiger partial charge in [0.2, 0.25) is 0 Å². The monoisotopic (exact) mass is 412 g/mol. The van der Waals surface area contributed by atoms with Gasteiger partial charge in [-0.15, -0.1) is 0 Å².